The third kappa shape index (κ3) is 8.45. The molecular weight excluding hydrogens is 791 g/mol. The van der Waals surface area contributed by atoms with E-state index < -0.39 is 88.5 Å². The molecule has 296 valence electrons. The Labute approximate surface area is 323 Å². The van der Waals surface area contributed by atoms with E-state index in [1.807, 2.05) is 0 Å². The summed E-state index contributed by atoms with van der Waals surface area (Å²) < 4.78 is 118. The van der Waals surface area contributed by atoms with Crippen LogP contribution in [0, 0.1) is 23.5 Å². The van der Waals surface area contributed by atoms with E-state index in [0.29, 0.717) is 27.2 Å². The average Bonchev–Trinajstić information content (AvgIpc) is 3.68. The number of nitrogens with one attached hydrogen (secondary N) is 2. The van der Waals surface area contributed by atoms with E-state index in [9.17, 15) is 36.4 Å². The number of aryl methyl sites for hydroxylation is 1. The van der Waals surface area contributed by atoms with Gasteiger partial charge in [-0.2, -0.15) is 36.9 Å². The number of aromatic nitrogens is 5. The van der Waals surface area contributed by atoms with Crippen molar-refractivity contribution >= 4 is 45.6 Å². The normalized spacial score (nSPS) is 16.3. The topological polar surface area (TPSA) is 133 Å². The lowest BCUT2D eigenvalue weighted by molar-refractivity contribution is -0.142. The molecule has 3 atom stereocenters. The zero-order valence-corrected chi connectivity index (χ0v) is 31.8. The number of halogens is 8. The molecule has 19 heteroatoms. The highest BCUT2D eigenvalue weighted by atomic mass is 35.5. The lowest BCUT2D eigenvalue weighted by atomic mass is 9.93. The Kier molecular flexibility index (Phi) is 10.9. The highest BCUT2D eigenvalue weighted by Crippen LogP contribution is 2.52. The molecule has 10 nitrogen and oxygen atoms in total. The van der Waals surface area contributed by atoms with Crippen LogP contribution < -0.4 is 10.0 Å². The van der Waals surface area contributed by atoms with Crippen molar-refractivity contribution in [1.82, 2.24) is 29.9 Å². The van der Waals surface area contributed by atoms with Crippen LogP contribution in [-0.4, -0.2) is 52.0 Å². The van der Waals surface area contributed by atoms with Gasteiger partial charge in [0.1, 0.15) is 41.4 Å². The van der Waals surface area contributed by atoms with E-state index in [4.69, 9.17) is 11.6 Å². The number of fused-ring (bicyclic) bond motifs is 2. The second-order valence-electron chi connectivity index (χ2n) is 14.0. The summed E-state index contributed by atoms with van der Waals surface area (Å²) in [5.74, 6) is -2.37. The molecule has 2 aromatic carbocycles. The molecule has 3 N–H and O–H groups in total. The Morgan fingerprint density at radius 2 is 1.79 bits per heavy atom. The van der Waals surface area contributed by atoms with Gasteiger partial charge < -0.3 is 15.0 Å². The van der Waals surface area contributed by atoms with Crippen LogP contribution in [0.4, 0.5) is 36.6 Å². The summed E-state index contributed by atoms with van der Waals surface area (Å²) in [5, 5.41) is 21.4. The predicted molar refractivity (Wildman–Crippen MR) is 195 cm³/mol. The maximum absolute atomic E-state index is 15.2. The molecule has 0 aliphatic heterocycles. The molecule has 2 unspecified atom stereocenters. The second-order valence-corrected chi connectivity index (χ2v) is 15.5. The van der Waals surface area contributed by atoms with Crippen molar-refractivity contribution in [2.45, 2.75) is 69.8 Å². The van der Waals surface area contributed by atoms with Crippen molar-refractivity contribution in [1.29, 1.82) is 0 Å². The van der Waals surface area contributed by atoms with E-state index in [-0.39, 0.29) is 39.8 Å². The van der Waals surface area contributed by atoms with Crippen LogP contribution in [0.25, 0.3) is 22.0 Å². The number of hydrogen-bond acceptors (Lipinski definition) is 7. The molecule has 0 saturated heterocycles. The molecule has 56 heavy (non-hydrogen) atoms. The molecule has 0 bridgehead atoms. The first-order chi connectivity index (χ1) is 26.0. The van der Waals surface area contributed by atoms with Gasteiger partial charge in [-0.25, -0.2) is 13.8 Å². The first kappa shape index (κ1) is 40.8. The number of anilines is 1. The van der Waals surface area contributed by atoms with Crippen LogP contribution in [0.3, 0.4) is 0 Å². The minimum atomic E-state index is -5.09. The Hall–Kier alpha value is -4.83. The Bertz CT molecular complexity index is 2400. The minimum absolute atomic E-state index is 0.0181. The van der Waals surface area contributed by atoms with E-state index in [0.717, 1.165) is 12.1 Å². The lowest BCUT2D eigenvalue weighted by Gasteiger charge is -2.23. The van der Waals surface area contributed by atoms with Crippen molar-refractivity contribution in [3.63, 3.8) is 0 Å². The number of alkyl halides is 5. The van der Waals surface area contributed by atoms with Crippen LogP contribution >= 0.6 is 11.6 Å². The first-order valence-corrected chi connectivity index (χ1v) is 18.8. The van der Waals surface area contributed by atoms with Gasteiger partial charge in [0.15, 0.2) is 5.69 Å². The van der Waals surface area contributed by atoms with Crippen LogP contribution in [0.2, 0.25) is 5.02 Å². The van der Waals surface area contributed by atoms with Gasteiger partial charge in [0.05, 0.1) is 39.0 Å². The molecule has 3 heterocycles. The number of hydrogen-bond donors (Lipinski definition) is 3. The monoisotopic (exact) mass is 823 g/mol. The molecule has 0 spiro atoms. The van der Waals surface area contributed by atoms with E-state index in [1.54, 1.807) is 19.2 Å². The maximum Gasteiger partial charge on any atom is 0.435 e. The van der Waals surface area contributed by atoms with Crippen LogP contribution in [-0.2, 0) is 48.3 Å². The number of carbonyl (C=O) groups excluding carboxylic acids is 1. The second kappa shape index (κ2) is 14.9. The molecule has 6 rings (SSSR count). The fourth-order valence-electron chi connectivity index (χ4n) is 6.85. The summed E-state index contributed by atoms with van der Waals surface area (Å²) in [7, 11) is 1.59. The molecule has 0 fully saturated rings. The number of pyridine rings is 1. The van der Waals surface area contributed by atoms with Gasteiger partial charge in [-0.05, 0) is 68.0 Å². The van der Waals surface area contributed by atoms with Gasteiger partial charge in [-0.1, -0.05) is 30.5 Å². The van der Waals surface area contributed by atoms with Gasteiger partial charge in [-0.3, -0.25) is 14.2 Å². The van der Waals surface area contributed by atoms with E-state index in [1.165, 1.54) is 43.8 Å². The predicted octanol–water partition coefficient (Wildman–Crippen LogP) is 7.31. The van der Waals surface area contributed by atoms with E-state index in [2.05, 4.69) is 37.1 Å². The minimum Gasteiger partial charge on any atom is -0.593 e. The fourth-order valence-corrected chi connectivity index (χ4v) is 7.51. The summed E-state index contributed by atoms with van der Waals surface area (Å²) >= 11 is 5.04. The molecule has 0 saturated carbocycles. The van der Waals surface area contributed by atoms with Crippen LogP contribution in [0.15, 0.2) is 42.5 Å². The molecular formula is C37H33ClF7N7O3S. The summed E-state index contributed by atoms with van der Waals surface area (Å²) in [6, 6.07) is 7.50. The summed E-state index contributed by atoms with van der Waals surface area (Å²) in [4.78, 5) is 18.6. The average molecular weight is 824 g/mol. The van der Waals surface area contributed by atoms with E-state index >= 15 is 8.78 Å². The van der Waals surface area contributed by atoms with Gasteiger partial charge >= 0.3 is 6.18 Å². The molecule has 3 aromatic heterocycles. The Balaban J connectivity index is 1.53. The quantitative estimate of drug-likeness (QED) is 0.0807. The highest BCUT2D eigenvalue weighted by Gasteiger charge is 2.53. The smallest absolute Gasteiger partial charge is 0.435 e. The van der Waals surface area contributed by atoms with Gasteiger partial charge in [-0.15, -0.1) is 0 Å². The number of amides is 1. The number of benzene rings is 2. The maximum atomic E-state index is 15.2. The molecule has 1 aliphatic rings. The van der Waals surface area contributed by atoms with Crippen LogP contribution in [0.5, 0.6) is 0 Å². The van der Waals surface area contributed by atoms with Crippen molar-refractivity contribution in [2.24, 2.45) is 7.05 Å². The largest absolute Gasteiger partial charge is 0.593 e. The zero-order chi connectivity index (χ0) is 41.1. The molecule has 1 amide bonds. The Morgan fingerprint density at radius 1 is 1.12 bits per heavy atom. The van der Waals surface area contributed by atoms with Crippen molar-refractivity contribution in [3.8, 4) is 23.0 Å². The number of aliphatic hydroxyl groups is 1. The Morgan fingerprint density at radius 3 is 2.41 bits per heavy atom. The van der Waals surface area contributed by atoms with Crippen molar-refractivity contribution < 1.29 is 45.2 Å². The number of rotatable bonds is 9. The summed E-state index contributed by atoms with van der Waals surface area (Å²) in [6.45, 7) is 2.99. The highest BCUT2D eigenvalue weighted by molar-refractivity contribution is 7.92. The number of nitrogens with zero attached hydrogens (tertiary/aromatic N) is 5. The fraction of sp³-hybridized carbons (Fsp3) is 0.351. The third-order valence-corrected chi connectivity index (χ3v) is 9.67. The number of carbonyl (C=O) groups is 1. The molecule has 5 aromatic rings. The molecule has 0 radical (unpaired) electrons. The standard InChI is InChI=1S/C37H33ClF7N7O3S/c1-18-16-36(41,42)33-28(18)32(37(43,44)45)48-52(33)17-27(53)47-26(14-19-12-20(39)15-21(40)13-19)30-23(7-6-22(46-30)10-11-35(2,3)54)24-8-9-25(38)29-31(24)51(4)49-34(29)50-56(5)55/h6-9,12-13,15,18,26,54H,14,16-17H2,1-5H3,(H,47,53)(H,49,50)/t18-,26?,56?/m0/s1. The summed E-state index contributed by atoms with van der Waals surface area (Å²) in [6.07, 6.45) is -4.99. The zero-order valence-electron chi connectivity index (χ0n) is 30.2. The van der Waals surface area contributed by atoms with Crippen LogP contribution in [0.1, 0.15) is 73.1 Å². The lowest BCUT2D eigenvalue weighted by Crippen LogP contribution is -2.35. The first-order valence-electron chi connectivity index (χ1n) is 16.8. The molecule has 1 aliphatic carbocycles. The summed E-state index contributed by atoms with van der Waals surface area (Å²) in [5.41, 5.74) is -3.53. The van der Waals surface area contributed by atoms with Crippen molar-refractivity contribution in [3.05, 3.63) is 93.0 Å². The third-order valence-electron chi connectivity index (χ3n) is 8.87. The van der Waals surface area contributed by atoms with Crippen molar-refractivity contribution in [2.75, 3.05) is 11.0 Å². The van der Waals surface area contributed by atoms with Gasteiger partial charge in [0.25, 0.3) is 5.92 Å². The van der Waals surface area contributed by atoms with Gasteiger partial charge in [0.2, 0.25) is 11.7 Å². The SMILES string of the molecule is C[C@H]1CC(F)(F)c2c1c(C(F)(F)F)nn2CC(=O)NC(Cc1cc(F)cc(F)c1)c1nc(C#CC(C)(C)O)ccc1-c1ccc(Cl)c2c(N[S+](C)[O-])nn(C)c12. The van der Waals surface area contributed by atoms with Gasteiger partial charge in [0, 0.05) is 36.2 Å².